The number of benzene rings is 1. The SMILES string of the molecule is Cc1coc(Sc2cccc(Cl)c2CNC(C)C)n1. The predicted octanol–water partition coefficient (Wildman–Crippen LogP) is 4.29. The third kappa shape index (κ3) is 4.00. The van der Waals surface area contributed by atoms with Crippen LogP contribution in [0, 0.1) is 6.92 Å². The van der Waals surface area contributed by atoms with E-state index in [0.29, 0.717) is 11.3 Å². The topological polar surface area (TPSA) is 38.1 Å². The molecule has 0 saturated heterocycles. The average Bonchev–Trinajstić information content (AvgIpc) is 2.74. The lowest BCUT2D eigenvalue weighted by Crippen LogP contribution is -2.22. The molecule has 1 N–H and O–H groups in total. The van der Waals surface area contributed by atoms with Crippen LogP contribution in [0.5, 0.6) is 0 Å². The number of rotatable bonds is 5. The Morgan fingerprint density at radius 1 is 1.42 bits per heavy atom. The van der Waals surface area contributed by atoms with Crippen molar-refractivity contribution >= 4 is 23.4 Å². The smallest absolute Gasteiger partial charge is 0.260 e. The molecule has 0 bridgehead atoms. The first-order valence-electron chi connectivity index (χ1n) is 6.17. The number of oxazole rings is 1. The van der Waals surface area contributed by atoms with Gasteiger partial charge in [0.1, 0.15) is 6.26 Å². The number of nitrogens with zero attached hydrogens (tertiary/aromatic N) is 1. The summed E-state index contributed by atoms with van der Waals surface area (Å²) in [6.45, 7) is 6.87. The highest BCUT2D eigenvalue weighted by atomic mass is 35.5. The van der Waals surface area contributed by atoms with Crippen LogP contribution in [0.15, 0.2) is 39.0 Å². The van der Waals surface area contributed by atoms with Crippen molar-refractivity contribution in [2.75, 3.05) is 0 Å². The molecule has 2 rings (SSSR count). The fourth-order valence-corrected chi connectivity index (χ4v) is 2.81. The lowest BCUT2D eigenvalue weighted by Gasteiger charge is -2.12. The van der Waals surface area contributed by atoms with Gasteiger partial charge in [-0.1, -0.05) is 31.5 Å². The second kappa shape index (κ2) is 6.46. The van der Waals surface area contributed by atoms with Crippen molar-refractivity contribution in [3.8, 4) is 0 Å². The summed E-state index contributed by atoms with van der Waals surface area (Å²) in [4.78, 5) is 5.38. The first kappa shape index (κ1) is 14.4. The molecule has 19 heavy (non-hydrogen) atoms. The van der Waals surface area contributed by atoms with Gasteiger partial charge in [0.2, 0.25) is 0 Å². The van der Waals surface area contributed by atoms with Gasteiger partial charge in [-0.2, -0.15) is 0 Å². The average molecular weight is 297 g/mol. The van der Waals surface area contributed by atoms with Crippen LogP contribution in [0.3, 0.4) is 0 Å². The lowest BCUT2D eigenvalue weighted by molar-refractivity contribution is 0.454. The molecule has 0 atom stereocenters. The molecular weight excluding hydrogens is 280 g/mol. The van der Waals surface area contributed by atoms with Crippen molar-refractivity contribution in [3.63, 3.8) is 0 Å². The number of hydrogen-bond donors (Lipinski definition) is 1. The molecule has 0 aliphatic carbocycles. The normalized spacial score (nSPS) is 11.2. The summed E-state index contributed by atoms with van der Waals surface area (Å²) in [5, 5.41) is 4.79. The fourth-order valence-electron chi connectivity index (χ4n) is 1.59. The number of hydrogen-bond acceptors (Lipinski definition) is 4. The largest absolute Gasteiger partial charge is 0.439 e. The van der Waals surface area contributed by atoms with Gasteiger partial charge in [-0.05, 0) is 36.4 Å². The van der Waals surface area contributed by atoms with E-state index in [2.05, 4.69) is 24.1 Å². The van der Waals surface area contributed by atoms with E-state index in [1.165, 1.54) is 11.8 Å². The van der Waals surface area contributed by atoms with E-state index in [9.17, 15) is 0 Å². The zero-order chi connectivity index (χ0) is 13.8. The molecule has 0 amide bonds. The van der Waals surface area contributed by atoms with Crippen LogP contribution in [0.2, 0.25) is 5.02 Å². The maximum absolute atomic E-state index is 6.28. The minimum atomic E-state index is 0.415. The van der Waals surface area contributed by atoms with E-state index in [4.69, 9.17) is 16.0 Å². The summed E-state index contributed by atoms with van der Waals surface area (Å²) in [6.07, 6.45) is 1.65. The maximum Gasteiger partial charge on any atom is 0.260 e. The first-order valence-corrected chi connectivity index (χ1v) is 7.36. The summed E-state index contributed by atoms with van der Waals surface area (Å²) in [7, 11) is 0. The minimum Gasteiger partial charge on any atom is -0.439 e. The summed E-state index contributed by atoms with van der Waals surface area (Å²) >= 11 is 7.78. The highest BCUT2D eigenvalue weighted by molar-refractivity contribution is 7.99. The molecule has 0 spiro atoms. The molecule has 3 nitrogen and oxygen atoms in total. The van der Waals surface area contributed by atoms with Crippen LogP contribution in [-0.4, -0.2) is 11.0 Å². The molecule has 1 aromatic heterocycles. The van der Waals surface area contributed by atoms with E-state index in [1.807, 2.05) is 25.1 Å². The van der Waals surface area contributed by atoms with Crippen molar-refractivity contribution in [1.29, 1.82) is 0 Å². The first-order chi connectivity index (χ1) is 9.06. The van der Waals surface area contributed by atoms with Gasteiger partial charge >= 0.3 is 0 Å². The van der Waals surface area contributed by atoms with Crippen molar-refractivity contribution in [3.05, 3.63) is 40.7 Å². The van der Waals surface area contributed by atoms with Gasteiger partial charge in [0.15, 0.2) is 0 Å². The molecule has 0 aliphatic rings. The lowest BCUT2D eigenvalue weighted by atomic mass is 10.2. The Bertz CT molecular complexity index is 554. The van der Waals surface area contributed by atoms with Gasteiger partial charge in [0.05, 0.1) is 5.69 Å². The third-order valence-electron chi connectivity index (χ3n) is 2.56. The Morgan fingerprint density at radius 2 is 2.21 bits per heavy atom. The van der Waals surface area contributed by atoms with Crippen LogP contribution in [-0.2, 0) is 6.54 Å². The molecule has 1 heterocycles. The van der Waals surface area contributed by atoms with E-state index >= 15 is 0 Å². The number of halogens is 1. The van der Waals surface area contributed by atoms with Gasteiger partial charge in [0, 0.05) is 22.5 Å². The monoisotopic (exact) mass is 296 g/mol. The van der Waals surface area contributed by atoms with Crippen molar-refractivity contribution in [2.24, 2.45) is 0 Å². The van der Waals surface area contributed by atoms with Gasteiger partial charge < -0.3 is 9.73 Å². The molecular formula is C14H17ClN2OS. The summed E-state index contributed by atoms with van der Waals surface area (Å²) in [6, 6.07) is 6.30. The zero-order valence-electron chi connectivity index (χ0n) is 11.2. The Balaban J connectivity index is 2.21. The van der Waals surface area contributed by atoms with Gasteiger partial charge in [0.25, 0.3) is 5.22 Å². The Hall–Kier alpha value is -0.970. The second-order valence-electron chi connectivity index (χ2n) is 4.61. The molecule has 102 valence electrons. The highest BCUT2D eigenvalue weighted by Gasteiger charge is 2.11. The Morgan fingerprint density at radius 3 is 2.84 bits per heavy atom. The molecule has 0 fully saturated rings. The minimum absolute atomic E-state index is 0.415. The van der Waals surface area contributed by atoms with E-state index < -0.39 is 0 Å². The second-order valence-corrected chi connectivity index (χ2v) is 6.01. The number of aryl methyl sites for hydroxylation is 1. The van der Waals surface area contributed by atoms with Crippen LogP contribution < -0.4 is 5.32 Å². The van der Waals surface area contributed by atoms with Crippen molar-refractivity contribution in [2.45, 2.75) is 43.5 Å². The highest BCUT2D eigenvalue weighted by Crippen LogP contribution is 2.33. The molecule has 0 radical (unpaired) electrons. The summed E-state index contributed by atoms with van der Waals surface area (Å²) in [5.74, 6) is 0. The third-order valence-corrected chi connectivity index (χ3v) is 3.88. The quantitative estimate of drug-likeness (QED) is 0.893. The fraction of sp³-hybridized carbons (Fsp3) is 0.357. The number of nitrogens with one attached hydrogen (secondary N) is 1. The summed E-state index contributed by atoms with van der Waals surface area (Å²) < 4.78 is 5.38. The van der Waals surface area contributed by atoms with Crippen molar-refractivity contribution in [1.82, 2.24) is 10.3 Å². The standard InChI is InChI=1S/C14H17ClN2OS/c1-9(2)16-7-11-12(15)5-4-6-13(11)19-14-17-10(3)8-18-14/h4-6,8-9,16H,7H2,1-3H3. The summed E-state index contributed by atoms with van der Waals surface area (Å²) in [5.41, 5.74) is 1.96. The molecule has 0 saturated carbocycles. The van der Waals surface area contributed by atoms with Crippen molar-refractivity contribution < 1.29 is 4.42 Å². The van der Waals surface area contributed by atoms with Gasteiger partial charge in [-0.15, -0.1) is 0 Å². The molecule has 2 aromatic rings. The van der Waals surface area contributed by atoms with Gasteiger partial charge in [-0.25, -0.2) is 4.98 Å². The van der Waals surface area contributed by atoms with E-state index in [0.717, 1.165) is 27.7 Å². The Kier molecular flexibility index (Phi) is 4.91. The van der Waals surface area contributed by atoms with Crippen LogP contribution in [0.25, 0.3) is 0 Å². The molecule has 0 unspecified atom stereocenters. The maximum atomic E-state index is 6.28. The van der Waals surface area contributed by atoms with Crippen LogP contribution in [0.4, 0.5) is 0 Å². The van der Waals surface area contributed by atoms with Crippen LogP contribution in [0.1, 0.15) is 25.1 Å². The predicted molar refractivity (Wildman–Crippen MR) is 78.8 cm³/mol. The van der Waals surface area contributed by atoms with Gasteiger partial charge in [-0.3, -0.25) is 0 Å². The number of aromatic nitrogens is 1. The van der Waals surface area contributed by atoms with Crippen LogP contribution >= 0.6 is 23.4 Å². The molecule has 0 aliphatic heterocycles. The molecule has 5 heteroatoms. The Labute approximate surface area is 122 Å². The molecule has 1 aromatic carbocycles. The zero-order valence-corrected chi connectivity index (χ0v) is 12.8. The van der Waals surface area contributed by atoms with E-state index in [1.54, 1.807) is 6.26 Å². The van der Waals surface area contributed by atoms with E-state index in [-0.39, 0.29) is 0 Å².